The number of allylic oxidation sites excluding steroid dienone is 2. The number of benzene rings is 2. The molecule has 0 aliphatic heterocycles. The first-order valence-electron chi connectivity index (χ1n) is 7.99. The first-order valence-corrected chi connectivity index (χ1v) is 7.99. The van der Waals surface area contributed by atoms with E-state index in [1.807, 2.05) is 42.5 Å². The molecule has 0 spiro atoms. The van der Waals surface area contributed by atoms with Crippen molar-refractivity contribution in [2.75, 3.05) is 0 Å². The predicted octanol–water partition coefficient (Wildman–Crippen LogP) is 4.88. The molecule has 0 saturated carbocycles. The van der Waals surface area contributed by atoms with Crippen molar-refractivity contribution < 1.29 is 9.15 Å². The van der Waals surface area contributed by atoms with Gasteiger partial charge in [0.25, 0.3) is 0 Å². The third-order valence-corrected chi connectivity index (χ3v) is 3.77. The molecule has 3 heteroatoms. The van der Waals surface area contributed by atoms with E-state index in [0.29, 0.717) is 12.2 Å². The van der Waals surface area contributed by atoms with Gasteiger partial charge in [-0.25, -0.2) is 4.79 Å². The molecule has 2 aromatic carbocycles. The second-order valence-electron chi connectivity index (χ2n) is 6.01. The zero-order chi connectivity index (χ0) is 16.9. The van der Waals surface area contributed by atoms with Crippen LogP contribution in [0.2, 0.25) is 0 Å². The van der Waals surface area contributed by atoms with E-state index in [1.54, 1.807) is 6.07 Å². The number of hydrogen-bond acceptors (Lipinski definition) is 3. The first-order chi connectivity index (χ1) is 11.6. The lowest BCUT2D eigenvalue weighted by molar-refractivity contribution is 0.303. The van der Waals surface area contributed by atoms with Gasteiger partial charge in [-0.1, -0.05) is 42.0 Å². The summed E-state index contributed by atoms with van der Waals surface area (Å²) in [5.74, 6) is 0.748. The standard InChI is InChI=1S/C21H20O3/c1-15(2)8-9-17-12-18-10-11-21(22)24-20(18)13-19(17)23-14-16-6-4-3-5-7-16/h3-8,10-13H,9,14H2,1-2H3. The Morgan fingerprint density at radius 3 is 2.62 bits per heavy atom. The number of ether oxygens (including phenoxy) is 1. The molecule has 0 N–H and O–H groups in total. The van der Waals surface area contributed by atoms with Gasteiger partial charge in [0.05, 0.1) is 0 Å². The van der Waals surface area contributed by atoms with E-state index in [2.05, 4.69) is 19.9 Å². The molecule has 0 atom stereocenters. The Morgan fingerprint density at radius 2 is 1.88 bits per heavy atom. The summed E-state index contributed by atoms with van der Waals surface area (Å²) in [5, 5.41) is 0.902. The summed E-state index contributed by atoms with van der Waals surface area (Å²) in [6.45, 7) is 4.63. The average molecular weight is 320 g/mol. The van der Waals surface area contributed by atoms with Gasteiger partial charge < -0.3 is 9.15 Å². The Kier molecular flexibility index (Phi) is 4.80. The predicted molar refractivity (Wildman–Crippen MR) is 96.4 cm³/mol. The molecule has 0 radical (unpaired) electrons. The molecule has 122 valence electrons. The molecule has 1 aromatic heterocycles. The summed E-state index contributed by atoms with van der Waals surface area (Å²) >= 11 is 0. The van der Waals surface area contributed by atoms with Crippen molar-refractivity contribution in [3.8, 4) is 5.75 Å². The van der Waals surface area contributed by atoms with Crippen LogP contribution in [0.25, 0.3) is 11.0 Å². The van der Waals surface area contributed by atoms with Gasteiger partial charge in [-0.3, -0.25) is 0 Å². The van der Waals surface area contributed by atoms with E-state index in [9.17, 15) is 4.79 Å². The van der Waals surface area contributed by atoms with Crippen molar-refractivity contribution in [2.45, 2.75) is 26.9 Å². The molecule has 1 heterocycles. The van der Waals surface area contributed by atoms with E-state index in [0.717, 1.165) is 28.7 Å². The van der Waals surface area contributed by atoms with E-state index >= 15 is 0 Å². The maximum absolute atomic E-state index is 11.5. The number of fused-ring (bicyclic) bond motifs is 1. The van der Waals surface area contributed by atoms with Crippen molar-refractivity contribution in [1.82, 2.24) is 0 Å². The van der Waals surface area contributed by atoms with Crippen LogP contribution in [0.15, 0.2) is 75.5 Å². The fourth-order valence-corrected chi connectivity index (χ4v) is 2.49. The lowest BCUT2D eigenvalue weighted by atomic mass is 10.1. The zero-order valence-electron chi connectivity index (χ0n) is 13.9. The van der Waals surface area contributed by atoms with Crippen LogP contribution in [0.1, 0.15) is 25.0 Å². The van der Waals surface area contributed by atoms with Gasteiger partial charge in [-0.2, -0.15) is 0 Å². The highest BCUT2D eigenvalue weighted by Crippen LogP contribution is 2.27. The molecule has 0 aliphatic rings. The minimum atomic E-state index is -0.353. The van der Waals surface area contributed by atoms with Crippen molar-refractivity contribution >= 4 is 11.0 Å². The average Bonchev–Trinajstić information content (AvgIpc) is 2.58. The Bertz CT molecular complexity index is 917. The molecule has 0 saturated heterocycles. The lowest BCUT2D eigenvalue weighted by Crippen LogP contribution is -2.00. The van der Waals surface area contributed by atoms with Gasteiger partial charge in [-0.05, 0) is 43.5 Å². The van der Waals surface area contributed by atoms with Crippen LogP contribution in [0.5, 0.6) is 5.75 Å². The maximum Gasteiger partial charge on any atom is 0.336 e. The summed E-state index contributed by atoms with van der Waals surface area (Å²) in [6, 6.07) is 17.1. The second-order valence-corrected chi connectivity index (χ2v) is 6.01. The van der Waals surface area contributed by atoms with Crippen LogP contribution in [0, 0.1) is 0 Å². The minimum Gasteiger partial charge on any atom is -0.488 e. The molecule has 0 aliphatic carbocycles. The SMILES string of the molecule is CC(C)=CCc1cc2ccc(=O)oc2cc1OCc1ccccc1. The Labute approximate surface area is 141 Å². The Hall–Kier alpha value is -2.81. The van der Waals surface area contributed by atoms with Crippen molar-refractivity contribution in [3.05, 3.63) is 87.8 Å². The molecule has 24 heavy (non-hydrogen) atoms. The highest BCUT2D eigenvalue weighted by molar-refractivity contribution is 5.79. The van der Waals surface area contributed by atoms with Crippen LogP contribution in [0.3, 0.4) is 0 Å². The quantitative estimate of drug-likeness (QED) is 0.497. The van der Waals surface area contributed by atoms with Crippen LogP contribution in [-0.2, 0) is 13.0 Å². The van der Waals surface area contributed by atoms with E-state index in [-0.39, 0.29) is 5.63 Å². The summed E-state index contributed by atoms with van der Waals surface area (Å²) in [5.41, 5.74) is 3.62. The van der Waals surface area contributed by atoms with Gasteiger partial charge in [0.1, 0.15) is 17.9 Å². The molecule has 0 unspecified atom stereocenters. The number of hydrogen-bond donors (Lipinski definition) is 0. The van der Waals surface area contributed by atoms with Crippen molar-refractivity contribution in [2.24, 2.45) is 0 Å². The van der Waals surface area contributed by atoms with Crippen LogP contribution >= 0.6 is 0 Å². The number of rotatable bonds is 5. The van der Waals surface area contributed by atoms with Crippen molar-refractivity contribution in [1.29, 1.82) is 0 Å². The van der Waals surface area contributed by atoms with Crippen LogP contribution in [-0.4, -0.2) is 0 Å². The summed E-state index contributed by atoms with van der Waals surface area (Å²) in [4.78, 5) is 11.5. The third-order valence-electron chi connectivity index (χ3n) is 3.77. The van der Waals surface area contributed by atoms with E-state index in [4.69, 9.17) is 9.15 Å². The summed E-state index contributed by atoms with van der Waals surface area (Å²) < 4.78 is 11.3. The highest BCUT2D eigenvalue weighted by atomic mass is 16.5. The van der Waals surface area contributed by atoms with E-state index in [1.165, 1.54) is 11.6 Å². The minimum absolute atomic E-state index is 0.353. The molecular formula is C21H20O3. The lowest BCUT2D eigenvalue weighted by Gasteiger charge is -2.12. The molecule has 3 nitrogen and oxygen atoms in total. The van der Waals surface area contributed by atoms with Crippen molar-refractivity contribution in [3.63, 3.8) is 0 Å². The molecule has 0 amide bonds. The topological polar surface area (TPSA) is 39.4 Å². The second kappa shape index (κ2) is 7.18. The molecule has 0 fully saturated rings. The van der Waals surface area contributed by atoms with Gasteiger partial charge in [0.15, 0.2) is 0 Å². The zero-order valence-corrected chi connectivity index (χ0v) is 13.9. The van der Waals surface area contributed by atoms with Gasteiger partial charge >= 0.3 is 5.63 Å². The molecule has 3 rings (SSSR count). The molecular weight excluding hydrogens is 300 g/mol. The summed E-state index contributed by atoms with van der Waals surface area (Å²) in [7, 11) is 0. The van der Waals surface area contributed by atoms with Gasteiger partial charge in [-0.15, -0.1) is 0 Å². The van der Waals surface area contributed by atoms with Gasteiger partial charge in [0.2, 0.25) is 0 Å². The molecule has 0 bridgehead atoms. The highest BCUT2D eigenvalue weighted by Gasteiger charge is 2.08. The summed E-state index contributed by atoms with van der Waals surface area (Å²) in [6.07, 6.45) is 2.94. The molecule has 3 aromatic rings. The van der Waals surface area contributed by atoms with Crippen LogP contribution in [0.4, 0.5) is 0 Å². The fourth-order valence-electron chi connectivity index (χ4n) is 2.49. The third kappa shape index (κ3) is 3.93. The van der Waals surface area contributed by atoms with Gasteiger partial charge in [0, 0.05) is 17.5 Å². The Balaban J connectivity index is 1.96. The first kappa shape index (κ1) is 16.1. The van der Waals surface area contributed by atoms with E-state index < -0.39 is 0 Å². The monoisotopic (exact) mass is 320 g/mol. The smallest absolute Gasteiger partial charge is 0.336 e. The van der Waals surface area contributed by atoms with Crippen LogP contribution < -0.4 is 10.4 Å². The Morgan fingerprint density at radius 1 is 1.08 bits per heavy atom. The maximum atomic E-state index is 11.5. The largest absolute Gasteiger partial charge is 0.488 e. The fraction of sp³-hybridized carbons (Fsp3) is 0.190. The normalized spacial score (nSPS) is 10.6.